The van der Waals surface area contributed by atoms with E-state index >= 15 is 0 Å². The van der Waals surface area contributed by atoms with Crippen LogP contribution < -0.4 is 8.92 Å². The van der Waals surface area contributed by atoms with Crippen molar-refractivity contribution in [3.8, 4) is 11.5 Å². The molecule has 0 aromatic heterocycles. The van der Waals surface area contributed by atoms with Crippen LogP contribution in [0.25, 0.3) is 6.08 Å². The molecule has 2 aliphatic rings. The van der Waals surface area contributed by atoms with Gasteiger partial charge < -0.3 is 8.92 Å². The molecule has 1 unspecified atom stereocenters. The number of hydrazone groups is 1. The standard InChI is InChI=1S/C23H22N4O5S2/c1-4-16(15-8-6-5-7-9-15)22-26-27-20(24)17(21(28)25-23(27)33-22)12-14-10-11-18(19(13-14)31-2)32-34(3,29)30/h5-13,16,24H,4H2,1-3H3. The normalized spacial score (nSPS) is 17.9. The lowest BCUT2D eigenvalue weighted by Gasteiger charge is -2.20. The van der Waals surface area contributed by atoms with E-state index < -0.39 is 16.0 Å². The molecule has 0 bridgehead atoms. The van der Waals surface area contributed by atoms with E-state index in [9.17, 15) is 13.2 Å². The maximum absolute atomic E-state index is 12.8. The summed E-state index contributed by atoms with van der Waals surface area (Å²) < 4.78 is 33.0. The lowest BCUT2D eigenvalue weighted by molar-refractivity contribution is -0.114. The van der Waals surface area contributed by atoms with Gasteiger partial charge in [0.25, 0.3) is 5.91 Å². The van der Waals surface area contributed by atoms with Crippen LogP contribution in [-0.4, -0.2) is 48.7 Å². The first-order valence-corrected chi connectivity index (χ1v) is 13.0. The van der Waals surface area contributed by atoms with E-state index in [2.05, 4.69) is 17.0 Å². The van der Waals surface area contributed by atoms with E-state index in [-0.39, 0.29) is 28.8 Å². The number of amidine groups is 2. The minimum Gasteiger partial charge on any atom is -0.493 e. The van der Waals surface area contributed by atoms with Crippen LogP contribution in [0.2, 0.25) is 0 Å². The molecular weight excluding hydrogens is 476 g/mol. The number of amides is 1. The van der Waals surface area contributed by atoms with E-state index in [4.69, 9.17) is 14.3 Å². The summed E-state index contributed by atoms with van der Waals surface area (Å²) in [4.78, 5) is 16.9. The van der Waals surface area contributed by atoms with Crippen molar-refractivity contribution < 1.29 is 22.1 Å². The Bertz CT molecular complexity index is 1350. The topological polar surface area (TPSA) is 121 Å². The Morgan fingerprint density at radius 1 is 1.18 bits per heavy atom. The van der Waals surface area contributed by atoms with Crippen molar-refractivity contribution in [3.63, 3.8) is 0 Å². The molecule has 2 aromatic carbocycles. The highest BCUT2D eigenvalue weighted by Gasteiger charge is 2.37. The number of fused-ring (bicyclic) bond motifs is 1. The van der Waals surface area contributed by atoms with Gasteiger partial charge in [0, 0.05) is 5.92 Å². The second-order valence-corrected chi connectivity index (χ2v) is 10.1. The number of benzene rings is 2. The molecule has 4 rings (SSSR count). The Balaban J connectivity index is 1.64. The average Bonchev–Trinajstić information content (AvgIpc) is 3.21. The summed E-state index contributed by atoms with van der Waals surface area (Å²) in [6, 6.07) is 14.4. The summed E-state index contributed by atoms with van der Waals surface area (Å²) in [5, 5.41) is 15.7. The predicted octanol–water partition coefficient (Wildman–Crippen LogP) is 3.85. The molecule has 34 heavy (non-hydrogen) atoms. The van der Waals surface area contributed by atoms with Gasteiger partial charge in [-0.1, -0.05) is 43.3 Å². The highest BCUT2D eigenvalue weighted by atomic mass is 32.2. The number of thioether (sulfide) groups is 1. The summed E-state index contributed by atoms with van der Waals surface area (Å²) in [6.07, 6.45) is 3.23. The molecule has 2 heterocycles. The fourth-order valence-electron chi connectivity index (χ4n) is 3.56. The number of carbonyl (C=O) groups excluding carboxylic acids is 1. The highest BCUT2D eigenvalue weighted by molar-refractivity contribution is 8.27. The van der Waals surface area contributed by atoms with Crippen molar-refractivity contribution in [2.75, 3.05) is 13.4 Å². The first-order valence-electron chi connectivity index (χ1n) is 10.3. The Labute approximate surface area is 201 Å². The van der Waals surface area contributed by atoms with Gasteiger partial charge in [-0.3, -0.25) is 10.2 Å². The zero-order valence-corrected chi connectivity index (χ0v) is 20.3. The fourth-order valence-corrected chi connectivity index (χ4v) is 5.12. The number of aliphatic imine (C=N–C) groups is 1. The molecule has 0 aliphatic carbocycles. The molecule has 2 aromatic rings. The van der Waals surface area contributed by atoms with Gasteiger partial charge >= 0.3 is 10.1 Å². The molecule has 11 heteroatoms. The Morgan fingerprint density at radius 3 is 2.56 bits per heavy atom. The molecule has 2 aliphatic heterocycles. The molecule has 0 radical (unpaired) electrons. The van der Waals surface area contributed by atoms with E-state index in [1.165, 1.54) is 42.1 Å². The van der Waals surface area contributed by atoms with Crippen molar-refractivity contribution in [1.29, 1.82) is 5.41 Å². The van der Waals surface area contributed by atoms with E-state index in [1.54, 1.807) is 6.07 Å². The quantitative estimate of drug-likeness (QED) is 0.455. The zero-order chi connectivity index (χ0) is 24.5. The summed E-state index contributed by atoms with van der Waals surface area (Å²) in [5.74, 6) is -0.417. The number of hydrogen-bond acceptors (Lipinski definition) is 8. The highest BCUT2D eigenvalue weighted by Crippen LogP contribution is 2.36. The minimum absolute atomic E-state index is 0.0224. The molecule has 176 valence electrons. The van der Waals surface area contributed by atoms with Crippen molar-refractivity contribution in [2.45, 2.75) is 19.3 Å². The summed E-state index contributed by atoms with van der Waals surface area (Å²) in [5.41, 5.74) is 1.67. The molecule has 0 saturated heterocycles. The van der Waals surface area contributed by atoms with Crippen LogP contribution in [0.1, 0.15) is 30.4 Å². The Morgan fingerprint density at radius 2 is 1.91 bits per heavy atom. The van der Waals surface area contributed by atoms with Gasteiger partial charge in [0.15, 0.2) is 17.3 Å². The molecule has 0 spiro atoms. The lowest BCUT2D eigenvalue weighted by atomic mass is 9.98. The number of methoxy groups -OCH3 is 1. The van der Waals surface area contributed by atoms with E-state index in [1.807, 2.05) is 30.3 Å². The third-order valence-electron chi connectivity index (χ3n) is 5.12. The summed E-state index contributed by atoms with van der Waals surface area (Å²) in [7, 11) is -2.36. The third kappa shape index (κ3) is 4.90. The number of rotatable bonds is 7. The minimum atomic E-state index is -3.74. The van der Waals surface area contributed by atoms with Gasteiger partial charge in [0.2, 0.25) is 5.17 Å². The average molecular weight is 499 g/mol. The van der Waals surface area contributed by atoms with Crippen LogP contribution in [0.5, 0.6) is 11.5 Å². The molecular formula is C23H22N4O5S2. The fraction of sp³-hybridized carbons (Fsp3) is 0.217. The van der Waals surface area contributed by atoms with Gasteiger partial charge in [-0.25, -0.2) is 0 Å². The molecule has 0 saturated carbocycles. The van der Waals surface area contributed by atoms with Gasteiger partial charge in [-0.2, -0.15) is 23.5 Å². The largest absolute Gasteiger partial charge is 0.493 e. The monoisotopic (exact) mass is 498 g/mol. The molecule has 1 N–H and O–H groups in total. The maximum Gasteiger partial charge on any atom is 0.306 e. The third-order valence-corrected chi connectivity index (χ3v) is 6.62. The number of nitrogens with one attached hydrogen (secondary N) is 1. The number of nitrogens with zero attached hydrogens (tertiary/aromatic N) is 3. The van der Waals surface area contributed by atoms with Gasteiger partial charge in [0.1, 0.15) is 5.04 Å². The molecule has 9 nitrogen and oxygen atoms in total. The van der Waals surface area contributed by atoms with E-state index in [0.717, 1.165) is 23.3 Å². The lowest BCUT2D eigenvalue weighted by Crippen LogP contribution is -2.35. The SMILES string of the molecule is CCC(C1=NN2C(=N)C(=Cc3ccc(OS(C)(=O)=O)c(OC)c3)C(=O)N=C2S1)c1ccccc1. The van der Waals surface area contributed by atoms with Gasteiger partial charge in [-0.05, 0) is 47.5 Å². The van der Waals surface area contributed by atoms with Crippen molar-refractivity contribution in [3.05, 3.63) is 65.2 Å². The second-order valence-electron chi connectivity index (χ2n) is 7.53. The summed E-state index contributed by atoms with van der Waals surface area (Å²) >= 11 is 1.29. The number of carbonyl (C=O) groups is 1. The zero-order valence-electron chi connectivity index (χ0n) is 18.7. The van der Waals surface area contributed by atoms with Crippen LogP contribution in [0.4, 0.5) is 0 Å². The Kier molecular flexibility index (Phi) is 6.58. The maximum atomic E-state index is 12.8. The second kappa shape index (κ2) is 9.43. The number of hydrogen-bond donors (Lipinski definition) is 1. The first kappa shape index (κ1) is 23.7. The summed E-state index contributed by atoms with van der Waals surface area (Å²) in [6.45, 7) is 2.06. The van der Waals surface area contributed by atoms with Gasteiger partial charge in [0.05, 0.1) is 18.9 Å². The molecule has 0 fully saturated rings. The van der Waals surface area contributed by atoms with Crippen LogP contribution >= 0.6 is 11.8 Å². The van der Waals surface area contributed by atoms with Crippen molar-refractivity contribution in [1.82, 2.24) is 5.01 Å². The van der Waals surface area contributed by atoms with E-state index in [0.29, 0.717) is 10.7 Å². The van der Waals surface area contributed by atoms with Gasteiger partial charge in [-0.15, -0.1) is 0 Å². The van der Waals surface area contributed by atoms with Crippen LogP contribution in [0.3, 0.4) is 0 Å². The molecule has 1 amide bonds. The first-order chi connectivity index (χ1) is 16.2. The molecule has 1 atom stereocenters. The van der Waals surface area contributed by atoms with Crippen LogP contribution in [-0.2, 0) is 14.9 Å². The van der Waals surface area contributed by atoms with Crippen molar-refractivity contribution in [2.24, 2.45) is 10.1 Å². The van der Waals surface area contributed by atoms with Crippen molar-refractivity contribution >= 4 is 49.9 Å². The number of ether oxygens (including phenoxy) is 1. The van der Waals surface area contributed by atoms with Crippen LogP contribution in [0, 0.1) is 5.41 Å². The smallest absolute Gasteiger partial charge is 0.306 e. The Hall–Kier alpha value is -3.44. The van der Waals surface area contributed by atoms with Crippen LogP contribution in [0.15, 0.2) is 64.2 Å². The predicted molar refractivity (Wildman–Crippen MR) is 133 cm³/mol.